The first-order valence-corrected chi connectivity index (χ1v) is 6.70. The van der Waals surface area contributed by atoms with E-state index in [9.17, 15) is 0 Å². The highest BCUT2D eigenvalue weighted by molar-refractivity contribution is 6.31. The lowest BCUT2D eigenvalue weighted by Gasteiger charge is -2.20. The zero-order valence-corrected chi connectivity index (χ0v) is 11.7. The van der Waals surface area contributed by atoms with Gasteiger partial charge in [-0.25, -0.2) is 4.98 Å². The SMILES string of the molecule is CCCN(CC)Cc1nc(NCC)ccc1Cl. The average Bonchev–Trinajstić information content (AvgIpc) is 2.33. The van der Waals surface area contributed by atoms with Crippen molar-refractivity contribution in [3.05, 3.63) is 22.8 Å². The lowest BCUT2D eigenvalue weighted by Crippen LogP contribution is -2.24. The molecule has 0 unspecified atom stereocenters. The van der Waals surface area contributed by atoms with E-state index in [0.29, 0.717) is 0 Å². The van der Waals surface area contributed by atoms with E-state index in [2.05, 4.69) is 36.0 Å². The molecule has 1 aromatic rings. The topological polar surface area (TPSA) is 28.2 Å². The number of anilines is 1. The van der Waals surface area contributed by atoms with E-state index in [4.69, 9.17) is 11.6 Å². The Morgan fingerprint density at radius 1 is 1.29 bits per heavy atom. The highest BCUT2D eigenvalue weighted by atomic mass is 35.5. The molecular formula is C13H22ClN3. The summed E-state index contributed by atoms with van der Waals surface area (Å²) in [5.74, 6) is 0.902. The van der Waals surface area contributed by atoms with Crippen molar-refractivity contribution in [2.75, 3.05) is 25.0 Å². The summed E-state index contributed by atoms with van der Waals surface area (Å²) in [4.78, 5) is 6.90. The maximum Gasteiger partial charge on any atom is 0.126 e. The van der Waals surface area contributed by atoms with Gasteiger partial charge in [-0.15, -0.1) is 0 Å². The highest BCUT2D eigenvalue weighted by Gasteiger charge is 2.08. The Bertz CT molecular complexity index is 341. The van der Waals surface area contributed by atoms with Crippen molar-refractivity contribution in [1.82, 2.24) is 9.88 Å². The summed E-state index contributed by atoms with van der Waals surface area (Å²) in [5, 5.41) is 3.96. The number of nitrogens with one attached hydrogen (secondary N) is 1. The van der Waals surface area contributed by atoms with Gasteiger partial charge in [0, 0.05) is 13.1 Å². The van der Waals surface area contributed by atoms with Crippen molar-refractivity contribution in [2.45, 2.75) is 33.7 Å². The molecule has 1 rings (SSSR count). The lowest BCUT2D eigenvalue weighted by molar-refractivity contribution is 0.277. The van der Waals surface area contributed by atoms with E-state index in [1.807, 2.05) is 12.1 Å². The monoisotopic (exact) mass is 255 g/mol. The maximum absolute atomic E-state index is 6.18. The minimum atomic E-state index is 0.751. The third-order valence-electron chi connectivity index (χ3n) is 2.64. The van der Waals surface area contributed by atoms with Crippen molar-refractivity contribution in [1.29, 1.82) is 0 Å². The maximum atomic E-state index is 6.18. The fraction of sp³-hybridized carbons (Fsp3) is 0.615. The van der Waals surface area contributed by atoms with Crippen LogP contribution in [0.2, 0.25) is 5.02 Å². The zero-order chi connectivity index (χ0) is 12.7. The Balaban J connectivity index is 2.76. The summed E-state index contributed by atoms with van der Waals surface area (Å²) in [7, 11) is 0. The van der Waals surface area contributed by atoms with Gasteiger partial charge >= 0.3 is 0 Å². The number of aromatic nitrogens is 1. The molecule has 0 aromatic carbocycles. The Kier molecular flexibility index (Phi) is 6.30. The minimum Gasteiger partial charge on any atom is -0.370 e. The number of pyridine rings is 1. The summed E-state index contributed by atoms with van der Waals surface area (Å²) < 4.78 is 0. The van der Waals surface area contributed by atoms with E-state index in [-0.39, 0.29) is 0 Å². The fourth-order valence-electron chi connectivity index (χ4n) is 1.75. The molecular weight excluding hydrogens is 234 g/mol. The predicted molar refractivity (Wildman–Crippen MR) is 74.7 cm³/mol. The van der Waals surface area contributed by atoms with Gasteiger partial charge < -0.3 is 5.32 Å². The minimum absolute atomic E-state index is 0.751. The molecule has 3 nitrogen and oxygen atoms in total. The Labute approximate surface area is 109 Å². The van der Waals surface area contributed by atoms with E-state index < -0.39 is 0 Å². The molecule has 1 N–H and O–H groups in total. The average molecular weight is 256 g/mol. The lowest BCUT2D eigenvalue weighted by atomic mass is 10.3. The van der Waals surface area contributed by atoms with Crippen molar-refractivity contribution >= 4 is 17.4 Å². The van der Waals surface area contributed by atoms with Crippen molar-refractivity contribution < 1.29 is 0 Å². The third kappa shape index (κ3) is 4.52. The quantitative estimate of drug-likeness (QED) is 0.810. The molecule has 0 amide bonds. The molecule has 0 saturated carbocycles. The molecule has 0 bridgehead atoms. The Morgan fingerprint density at radius 3 is 2.65 bits per heavy atom. The van der Waals surface area contributed by atoms with Gasteiger partial charge in [0.1, 0.15) is 5.82 Å². The van der Waals surface area contributed by atoms with E-state index in [0.717, 1.165) is 49.1 Å². The summed E-state index contributed by atoms with van der Waals surface area (Å²) in [6, 6.07) is 3.84. The first-order chi connectivity index (χ1) is 8.21. The van der Waals surface area contributed by atoms with Crippen LogP contribution in [-0.4, -0.2) is 29.5 Å². The predicted octanol–water partition coefficient (Wildman–Crippen LogP) is 3.40. The summed E-state index contributed by atoms with van der Waals surface area (Å²) in [6.45, 7) is 10.2. The third-order valence-corrected chi connectivity index (χ3v) is 2.98. The van der Waals surface area contributed by atoms with Gasteiger partial charge in [0.25, 0.3) is 0 Å². The molecule has 0 fully saturated rings. The van der Waals surface area contributed by atoms with Crippen LogP contribution in [0.15, 0.2) is 12.1 Å². The van der Waals surface area contributed by atoms with Crippen LogP contribution in [0.3, 0.4) is 0 Å². The summed E-state index contributed by atoms with van der Waals surface area (Å²) in [6.07, 6.45) is 1.15. The Morgan fingerprint density at radius 2 is 2.06 bits per heavy atom. The van der Waals surface area contributed by atoms with Crippen LogP contribution in [0.25, 0.3) is 0 Å². The van der Waals surface area contributed by atoms with Crippen LogP contribution in [-0.2, 0) is 6.54 Å². The molecule has 0 aliphatic heterocycles. The second kappa shape index (κ2) is 7.51. The van der Waals surface area contributed by atoms with E-state index in [1.54, 1.807) is 0 Å². The largest absolute Gasteiger partial charge is 0.370 e. The van der Waals surface area contributed by atoms with Crippen molar-refractivity contribution in [3.63, 3.8) is 0 Å². The molecule has 0 aliphatic carbocycles. The number of nitrogens with zero attached hydrogens (tertiary/aromatic N) is 2. The Hall–Kier alpha value is -0.800. The summed E-state index contributed by atoms with van der Waals surface area (Å²) in [5.41, 5.74) is 0.959. The second-order valence-electron chi connectivity index (χ2n) is 4.02. The second-order valence-corrected chi connectivity index (χ2v) is 4.43. The number of halogens is 1. The van der Waals surface area contributed by atoms with Gasteiger partial charge in [0.05, 0.1) is 10.7 Å². The molecule has 0 spiro atoms. The standard InChI is InChI=1S/C13H22ClN3/c1-4-9-17(6-3)10-12-11(14)7-8-13(16-12)15-5-2/h7-8H,4-6,9-10H2,1-3H3,(H,15,16). The molecule has 4 heteroatoms. The number of hydrogen-bond donors (Lipinski definition) is 1. The zero-order valence-electron chi connectivity index (χ0n) is 11.0. The van der Waals surface area contributed by atoms with Gasteiger partial charge in [0.15, 0.2) is 0 Å². The van der Waals surface area contributed by atoms with E-state index >= 15 is 0 Å². The fourth-order valence-corrected chi connectivity index (χ4v) is 1.92. The molecule has 0 aliphatic rings. The van der Waals surface area contributed by atoms with Crippen LogP contribution in [0, 0.1) is 0 Å². The molecule has 17 heavy (non-hydrogen) atoms. The first kappa shape index (κ1) is 14.3. The molecule has 1 aromatic heterocycles. The van der Waals surface area contributed by atoms with Gasteiger partial charge in [-0.2, -0.15) is 0 Å². The molecule has 0 radical (unpaired) electrons. The summed E-state index contributed by atoms with van der Waals surface area (Å²) >= 11 is 6.18. The van der Waals surface area contributed by atoms with Crippen molar-refractivity contribution in [2.24, 2.45) is 0 Å². The van der Waals surface area contributed by atoms with Crippen LogP contribution in [0.4, 0.5) is 5.82 Å². The van der Waals surface area contributed by atoms with E-state index in [1.165, 1.54) is 0 Å². The van der Waals surface area contributed by atoms with Crippen molar-refractivity contribution in [3.8, 4) is 0 Å². The first-order valence-electron chi connectivity index (χ1n) is 6.32. The molecule has 1 heterocycles. The van der Waals surface area contributed by atoms with Gasteiger partial charge in [-0.1, -0.05) is 25.4 Å². The normalized spacial score (nSPS) is 10.9. The molecule has 0 atom stereocenters. The molecule has 96 valence electrons. The smallest absolute Gasteiger partial charge is 0.126 e. The van der Waals surface area contributed by atoms with Crippen LogP contribution in [0.1, 0.15) is 32.9 Å². The van der Waals surface area contributed by atoms with Crippen LogP contribution < -0.4 is 5.32 Å². The van der Waals surface area contributed by atoms with Gasteiger partial charge in [0.2, 0.25) is 0 Å². The number of hydrogen-bond acceptors (Lipinski definition) is 3. The van der Waals surface area contributed by atoms with Gasteiger partial charge in [-0.05, 0) is 38.6 Å². The molecule has 0 saturated heterocycles. The number of rotatable bonds is 7. The highest BCUT2D eigenvalue weighted by Crippen LogP contribution is 2.18. The van der Waals surface area contributed by atoms with Gasteiger partial charge in [-0.3, -0.25) is 4.90 Å². The van der Waals surface area contributed by atoms with Crippen LogP contribution in [0.5, 0.6) is 0 Å². The van der Waals surface area contributed by atoms with Crippen LogP contribution >= 0.6 is 11.6 Å².